The second-order valence-electron chi connectivity index (χ2n) is 10.7. The Morgan fingerprint density at radius 3 is 2.11 bits per heavy atom. The van der Waals surface area contributed by atoms with Gasteiger partial charge in [0.1, 0.15) is 17.5 Å². The zero-order valence-corrected chi connectivity index (χ0v) is 26.6. The Bertz CT molecular complexity index is 1610. The molecule has 0 unspecified atom stereocenters. The fourth-order valence-corrected chi connectivity index (χ4v) is 5.26. The molecule has 230 valence electrons. The van der Waals surface area contributed by atoms with Crippen molar-refractivity contribution in [3.05, 3.63) is 102 Å². The van der Waals surface area contributed by atoms with Crippen LogP contribution in [0.1, 0.15) is 57.9 Å². The molecular weight excluding hydrogens is 601 g/mol. The second kappa shape index (κ2) is 15.7. The zero-order valence-electron chi connectivity index (χ0n) is 26.4. The van der Waals surface area contributed by atoms with E-state index in [2.05, 4.69) is 5.32 Å². The topological polar surface area (TPSA) is 112 Å². The zero-order chi connectivity index (χ0) is 31.3. The standard InChI is InChI=1S/C33H33F3N2O5.Ca.2H/c1-19(2)31-30(33(43)37-27-13-12-23(35)16-26(27)36)29(20-6-4-3-5-7-20)32(21-8-10-22(34)11-9-21)38(31)15-14-24(39)17-25(40)18-28(41)42;;;/h3-13,16,19,24-25,39-40H,14-15,17-18H2,1-2H3,(H,37,43)(H,41,42);;;/q;+2;2*-1/t24-,25-;;;/m1.../s1. The fourth-order valence-electron chi connectivity index (χ4n) is 5.26. The molecule has 1 amide bonds. The van der Waals surface area contributed by atoms with Gasteiger partial charge >= 0.3 is 43.7 Å². The monoisotopic (exact) mass is 636 g/mol. The van der Waals surface area contributed by atoms with E-state index in [0.29, 0.717) is 34.1 Å². The molecule has 0 aliphatic rings. The Morgan fingerprint density at radius 1 is 0.886 bits per heavy atom. The van der Waals surface area contributed by atoms with Crippen molar-refractivity contribution in [2.75, 3.05) is 5.32 Å². The molecule has 7 nitrogen and oxygen atoms in total. The quantitative estimate of drug-likeness (QED) is 0.134. The van der Waals surface area contributed by atoms with E-state index in [4.69, 9.17) is 5.11 Å². The van der Waals surface area contributed by atoms with Crippen LogP contribution in [0.25, 0.3) is 22.4 Å². The summed E-state index contributed by atoms with van der Waals surface area (Å²) in [5, 5.41) is 32.3. The van der Waals surface area contributed by atoms with Gasteiger partial charge in [0, 0.05) is 23.9 Å². The van der Waals surface area contributed by atoms with E-state index in [1.807, 2.05) is 36.6 Å². The van der Waals surface area contributed by atoms with Crippen LogP contribution in [0.15, 0.2) is 72.8 Å². The van der Waals surface area contributed by atoms with Gasteiger partial charge in [0.2, 0.25) is 0 Å². The number of aliphatic hydroxyl groups excluding tert-OH is 2. The summed E-state index contributed by atoms with van der Waals surface area (Å²) in [4.78, 5) is 25.0. The van der Waals surface area contributed by atoms with E-state index >= 15 is 0 Å². The van der Waals surface area contributed by atoms with E-state index in [9.17, 15) is 33.0 Å². The second-order valence-corrected chi connectivity index (χ2v) is 10.7. The summed E-state index contributed by atoms with van der Waals surface area (Å²) in [6.45, 7) is 3.90. The van der Waals surface area contributed by atoms with E-state index in [-0.39, 0.29) is 77.1 Å². The van der Waals surface area contributed by atoms with Crippen molar-refractivity contribution in [2.45, 2.75) is 57.8 Å². The van der Waals surface area contributed by atoms with Crippen LogP contribution in [-0.2, 0) is 11.3 Å². The third-order valence-electron chi connectivity index (χ3n) is 7.08. The average Bonchev–Trinajstić information content (AvgIpc) is 3.29. The van der Waals surface area contributed by atoms with Gasteiger partial charge in [-0.2, -0.15) is 0 Å². The van der Waals surface area contributed by atoms with Gasteiger partial charge in [0.15, 0.2) is 0 Å². The van der Waals surface area contributed by atoms with Gasteiger partial charge < -0.3 is 28.1 Å². The molecular formula is C33H35CaF3N2O5. The molecule has 2 atom stereocenters. The van der Waals surface area contributed by atoms with Gasteiger partial charge in [-0.15, -0.1) is 0 Å². The number of carboxylic acids is 1. The number of nitrogens with zero attached hydrogens (tertiary/aromatic N) is 1. The van der Waals surface area contributed by atoms with Gasteiger partial charge in [-0.25, -0.2) is 13.2 Å². The molecule has 0 radical (unpaired) electrons. The molecule has 0 bridgehead atoms. The number of nitrogens with one attached hydrogen (secondary N) is 1. The maximum absolute atomic E-state index is 14.6. The van der Waals surface area contributed by atoms with Crippen molar-refractivity contribution in [3.63, 3.8) is 0 Å². The van der Waals surface area contributed by atoms with Crippen LogP contribution in [0.5, 0.6) is 0 Å². The number of anilines is 1. The molecule has 4 N–H and O–H groups in total. The number of aromatic nitrogens is 1. The van der Waals surface area contributed by atoms with E-state index < -0.39 is 48.0 Å². The smallest absolute Gasteiger partial charge is 1.00 e. The number of carboxylic acid groups (broad SMARTS) is 1. The predicted molar refractivity (Wildman–Crippen MR) is 165 cm³/mol. The van der Waals surface area contributed by atoms with Gasteiger partial charge in [0.05, 0.1) is 35.6 Å². The number of benzene rings is 3. The molecule has 1 aromatic heterocycles. The molecule has 1 heterocycles. The van der Waals surface area contributed by atoms with E-state index in [1.54, 1.807) is 24.3 Å². The van der Waals surface area contributed by atoms with Crippen molar-refractivity contribution in [1.82, 2.24) is 4.57 Å². The molecule has 0 fully saturated rings. The summed E-state index contributed by atoms with van der Waals surface area (Å²) < 4.78 is 44.0. The number of hydrogen-bond donors (Lipinski definition) is 4. The van der Waals surface area contributed by atoms with Crippen LogP contribution in [0.4, 0.5) is 18.9 Å². The van der Waals surface area contributed by atoms with Crippen LogP contribution >= 0.6 is 0 Å². The minimum Gasteiger partial charge on any atom is -1.00 e. The number of amides is 1. The van der Waals surface area contributed by atoms with Gasteiger partial charge in [-0.05, 0) is 66.3 Å². The molecule has 11 heteroatoms. The minimum atomic E-state index is -1.25. The first kappa shape index (κ1) is 35.3. The molecule has 0 saturated heterocycles. The number of aliphatic hydroxyl groups is 2. The third kappa shape index (κ3) is 8.51. The number of carbonyl (C=O) groups is 2. The number of aliphatic carboxylic acids is 1. The van der Waals surface area contributed by atoms with E-state index in [0.717, 1.165) is 12.1 Å². The summed E-state index contributed by atoms with van der Waals surface area (Å²) >= 11 is 0. The van der Waals surface area contributed by atoms with Gasteiger partial charge in [0.25, 0.3) is 5.91 Å². The first-order valence-electron chi connectivity index (χ1n) is 13.9. The Labute approximate surface area is 286 Å². The number of hydrogen-bond acceptors (Lipinski definition) is 4. The summed E-state index contributed by atoms with van der Waals surface area (Å²) in [5.74, 6) is -4.30. The Kier molecular flexibility index (Phi) is 12.6. The number of halogens is 3. The van der Waals surface area contributed by atoms with E-state index in [1.165, 1.54) is 12.1 Å². The number of rotatable bonds is 12. The van der Waals surface area contributed by atoms with Gasteiger partial charge in [-0.1, -0.05) is 44.2 Å². The Morgan fingerprint density at radius 2 is 1.52 bits per heavy atom. The van der Waals surface area contributed by atoms with Crippen molar-refractivity contribution < 1.29 is 40.9 Å². The summed E-state index contributed by atoms with van der Waals surface area (Å²) in [5.41, 5.74) is 2.86. The molecule has 0 spiro atoms. The maximum Gasteiger partial charge on any atom is 2.00 e. The summed E-state index contributed by atoms with van der Waals surface area (Å²) in [6, 6.07) is 17.6. The summed E-state index contributed by atoms with van der Waals surface area (Å²) in [6.07, 6.45) is -2.89. The van der Waals surface area contributed by atoms with Crippen LogP contribution in [0, 0.1) is 17.5 Å². The predicted octanol–water partition coefficient (Wildman–Crippen LogP) is 6.44. The third-order valence-corrected chi connectivity index (χ3v) is 7.08. The van der Waals surface area contributed by atoms with Crippen molar-refractivity contribution in [3.8, 4) is 22.4 Å². The van der Waals surface area contributed by atoms with Gasteiger partial charge in [-0.3, -0.25) is 9.59 Å². The molecule has 3 aromatic carbocycles. The average molecular weight is 637 g/mol. The normalized spacial score (nSPS) is 12.5. The minimum absolute atomic E-state index is 0. The van der Waals surface area contributed by atoms with Crippen LogP contribution < -0.4 is 5.32 Å². The molecule has 0 saturated carbocycles. The van der Waals surface area contributed by atoms with Crippen LogP contribution in [-0.4, -0.2) is 81.7 Å². The SMILES string of the molecule is CC(C)c1c(C(=O)Nc2ccc(F)cc2F)c(-c2ccccc2)c(-c2ccc(F)cc2)n1CC[C@@H](O)C[C@@H](O)CC(=O)O.[Ca+2].[H-].[H-]. The molecule has 44 heavy (non-hydrogen) atoms. The molecule has 4 rings (SSSR count). The fraction of sp³-hybridized carbons (Fsp3) is 0.273. The van der Waals surface area contributed by atoms with Crippen LogP contribution in [0.3, 0.4) is 0 Å². The largest absolute Gasteiger partial charge is 2.00 e. The van der Waals surface area contributed by atoms with Crippen LogP contribution in [0.2, 0.25) is 0 Å². The van der Waals surface area contributed by atoms with Crippen molar-refractivity contribution in [2.24, 2.45) is 0 Å². The molecule has 4 aromatic rings. The number of carbonyl (C=O) groups excluding carboxylic acids is 1. The first-order chi connectivity index (χ1) is 20.5. The van der Waals surface area contributed by atoms with Crippen molar-refractivity contribution >= 4 is 55.3 Å². The first-order valence-corrected chi connectivity index (χ1v) is 13.9. The Hall–Kier alpha value is -3.15. The Balaban J connectivity index is 0.00000353. The molecule has 0 aliphatic heterocycles. The van der Waals surface area contributed by atoms with Crippen molar-refractivity contribution in [1.29, 1.82) is 0 Å². The molecule has 0 aliphatic carbocycles. The summed E-state index contributed by atoms with van der Waals surface area (Å²) in [7, 11) is 0. The maximum atomic E-state index is 14.6.